The van der Waals surface area contributed by atoms with E-state index in [2.05, 4.69) is 10.3 Å². The van der Waals surface area contributed by atoms with Crippen molar-refractivity contribution >= 4 is 16.5 Å². The van der Waals surface area contributed by atoms with Crippen molar-refractivity contribution in [3.63, 3.8) is 0 Å². The molecule has 2 aromatic rings. The molecular weight excluding hydrogens is 313 g/mol. The van der Waals surface area contributed by atoms with Crippen molar-refractivity contribution in [1.82, 2.24) is 4.98 Å². The van der Waals surface area contributed by atoms with Crippen LogP contribution in [0.3, 0.4) is 0 Å². The molecule has 0 fully saturated rings. The first-order valence-electron chi connectivity index (χ1n) is 6.82. The lowest BCUT2D eigenvalue weighted by atomic mass is 10.1. The third-order valence-electron chi connectivity index (χ3n) is 3.24. The number of aromatic hydroxyl groups is 1. The normalized spacial score (nSPS) is 13.4. The first kappa shape index (κ1) is 16.6. The van der Waals surface area contributed by atoms with Crippen LogP contribution in [0.2, 0.25) is 0 Å². The van der Waals surface area contributed by atoms with Gasteiger partial charge < -0.3 is 10.4 Å². The lowest BCUT2D eigenvalue weighted by Gasteiger charge is -2.14. The summed E-state index contributed by atoms with van der Waals surface area (Å²) < 4.78 is 37.6. The largest absolute Gasteiger partial charge is 0.492 e. The molecule has 0 aliphatic carbocycles. The Kier molecular flexibility index (Phi) is 4.65. The molecule has 2 rings (SSSR count). The number of aromatic nitrogens is 1. The van der Waals surface area contributed by atoms with Gasteiger partial charge in [0.25, 0.3) is 0 Å². The Hall–Kier alpha value is -1.76. The van der Waals surface area contributed by atoms with Crippen LogP contribution in [0.25, 0.3) is 0 Å². The Morgan fingerprint density at radius 2 is 1.73 bits per heavy atom. The Labute approximate surface area is 130 Å². The molecule has 7 heteroatoms. The average Bonchev–Trinajstić information content (AvgIpc) is 2.79. The van der Waals surface area contributed by atoms with E-state index >= 15 is 0 Å². The highest BCUT2D eigenvalue weighted by atomic mass is 32.1. The minimum Gasteiger partial charge on any atom is -0.492 e. The number of nitrogens with zero attached hydrogens (tertiary/aromatic N) is 1. The summed E-state index contributed by atoms with van der Waals surface area (Å²) >= 11 is 1.35. The Morgan fingerprint density at radius 1 is 1.14 bits per heavy atom. The van der Waals surface area contributed by atoms with Crippen LogP contribution in [0, 0.1) is 0 Å². The smallest absolute Gasteiger partial charge is 0.416 e. The summed E-state index contributed by atoms with van der Waals surface area (Å²) in [4.78, 5) is 4.82. The monoisotopic (exact) mass is 330 g/mol. The van der Waals surface area contributed by atoms with Crippen molar-refractivity contribution in [2.75, 3.05) is 5.32 Å². The molecule has 0 saturated heterocycles. The molecule has 0 spiro atoms. The Balaban J connectivity index is 2.12. The molecule has 3 nitrogen and oxygen atoms in total. The number of halogens is 3. The summed E-state index contributed by atoms with van der Waals surface area (Å²) in [5, 5.41) is 13.4. The van der Waals surface area contributed by atoms with Crippen molar-refractivity contribution in [1.29, 1.82) is 0 Å². The third-order valence-corrected chi connectivity index (χ3v) is 4.51. The maximum Gasteiger partial charge on any atom is 0.416 e. The number of hydrogen-bond acceptors (Lipinski definition) is 4. The van der Waals surface area contributed by atoms with Gasteiger partial charge in [0.2, 0.25) is 5.88 Å². The summed E-state index contributed by atoms with van der Waals surface area (Å²) in [6.07, 6.45) is -4.33. The van der Waals surface area contributed by atoms with Crippen molar-refractivity contribution in [3.8, 4) is 5.88 Å². The van der Waals surface area contributed by atoms with Gasteiger partial charge in [-0.05, 0) is 30.5 Å². The second kappa shape index (κ2) is 6.16. The van der Waals surface area contributed by atoms with Crippen molar-refractivity contribution in [3.05, 3.63) is 40.3 Å². The summed E-state index contributed by atoms with van der Waals surface area (Å²) in [6, 6.07) is 4.79. The van der Waals surface area contributed by atoms with Crippen LogP contribution in [0.5, 0.6) is 5.88 Å². The molecule has 1 heterocycles. The van der Waals surface area contributed by atoms with Crippen LogP contribution < -0.4 is 5.32 Å². The van der Waals surface area contributed by atoms with Crippen LogP contribution in [-0.2, 0) is 6.18 Å². The average molecular weight is 330 g/mol. The van der Waals surface area contributed by atoms with Gasteiger partial charge in [0.1, 0.15) is 0 Å². The van der Waals surface area contributed by atoms with Gasteiger partial charge in [0.05, 0.1) is 16.5 Å². The third kappa shape index (κ3) is 3.71. The lowest BCUT2D eigenvalue weighted by molar-refractivity contribution is -0.137. The van der Waals surface area contributed by atoms with E-state index in [9.17, 15) is 18.3 Å². The standard InChI is InChI=1S/C15H17F3N2OS/c1-8(2)12-13(21)20-14(22-12)19-9(3)10-4-6-11(7-5-10)15(16,17)18/h4-9,21H,1-3H3,(H,19,20)/t9-/m0/s1. The quantitative estimate of drug-likeness (QED) is 0.813. The van der Waals surface area contributed by atoms with Crippen LogP contribution in [0.4, 0.5) is 18.3 Å². The van der Waals surface area contributed by atoms with E-state index in [4.69, 9.17) is 0 Å². The fraction of sp³-hybridized carbons (Fsp3) is 0.400. The fourth-order valence-electron chi connectivity index (χ4n) is 1.99. The van der Waals surface area contributed by atoms with E-state index < -0.39 is 11.7 Å². The van der Waals surface area contributed by atoms with Crippen molar-refractivity contribution < 1.29 is 18.3 Å². The molecule has 0 saturated carbocycles. The van der Waals surface area contributed by atoms with Crippen LogP contribution >= 0.6 is 11.3 Å². The molecule has 0 aliphatic heterocycles. The van der Waals surface area contributed by atoms with Crippen molar-refractivity contribution in [2.45, 2.75) is 38.9 Å². The number of hydrogen-bond donors (Lipinski definition) is 2. The SMILES string of the molecule is CC(C)c1sc(N[C@@H](C)c2ccc(C(F)(F)F)cc2)nc1O. The van der Waals surface area contributed by atoms with Gasteiger partial charge in [-0.25, -0.2) is 0 Å². The predicted molar refractivity (Wildman–Crippen MR) is 81.3 cm³/mol. The van der Waals surface area contributed by atoms with E-state index in [1.54, 1.807) is 0 Å². The van der Waals surface area contributed by atoms with Crippen molar-refractivity contribution in [2.24, 2.45) is 0 Å². The minimum atomic E-state index is -4.33. The van der Waals surface area contributed by atoms with Gasteiger partial charge in [0, 0.05) is 0 Å². The highest BCUT2D eigenvalue weighted by Gasteiger charge is 2.30. The molecule has 0 radical (unpaired) electrons. The lowest BCUT2D eigenvalue weighted by Crippen LogP contribution is -2.08. The van der Waals surface area contributed by atoms with E-state index in [-0.39, 0.29) is 17.8 Å². The second-order valence-electron chi connectivity index (χ2n) is 5.35. The van der Waals surface area contributed by atoms with E-state index in [1.807, 2.05) is 20.8 Å². The zero-order valence-electron chi connectivity index (χ0n) is 12.4. The molecule has 2 N–H and O–H groups in total. The van der Waals surface area contributed by atoms with Gasteiger partial charge in [-0.15, -0.1) is 0 Å². The first-order valence-corrected chi connectivity index (χ1v) is 7.63. The van der Waals surface area contributed by atoms with Crippen LogP contribution in [0.1, 0.15) is 48.7 Å². The molecule has 1 atom stereocenters. The summed E-state index contributed by atoms with van der Waals surface area (Å²) in [6.45, 7) is 5.74. The highest BCUT2D eigenvalue weighted by Crippen LogP contribution is 2.36. The van der Waals surface area contributed by atoms with Gasteiger partial charge in [0.15, 0.2) is 5.13 Å². The molecule has 0 amide bonds. The van der Waals surface area contributed by atoms with Gasteiger partial charge in [-0.3, -0.25) is 0 Å². The summed E-state index contributed by atoms with van der Waals surface area (Å²) in [5.74, 6) is 0.163. The second-order valence-corrected chi connectivity index (χ2v) is 6.38. The molecule has 1 aromatic heterocycles. The number of thiazole rings is 1. The van der Waals surface area contributed by atoms with Crippen LogP contribution in [-0.4, -0.2) is 10.1 Å². The number of anilines is 1. The van der Waals surface area contributed by atoms with E-state index in [0.29, 0.717) is 10.7 Å². The Bertz CT molecular complexity index is 635. The van der Waals surface area contributed by atoms with E-state index in [0.717, 1.165) is 17.0 Å². The maximum absolute atomic E-state index is 12.5. The number of nitrogens with one attached hydrogen (secondary N) is 1. The predicted octanol–water partition coefficient (Wildman–Crippen LogP) is 5.16. The topological polar surface area (TPSA) is 45.2 Å². The molecule has 120 valence electrons. The number of benzene rings is 1. The summed E-state index contributed by atoms with van der Waals surface area (Å²) in [7, 11) is 0. The molecule has 0 unspecified atom stereocenters. The van der Waals surface area contributed by atoms with E-state index in [1.165, 1.54) is 23.5 Å². The molecule has 0 aliphatic rings. The first-order chi connectivity index (χ1) is 10.2. The van der Waals surface area contributed by atoms with Gasteiger partial charge >= 0.3 is 6.18 Å². The Morgan fingerprint density at radius 3 is 2.18 bits per heavy atom. The molecule has 0 bridgehead atoms. The zero-order valence-corrected chi connectivity index (χ0v) is 13.2. The number of alkyl halides is 3. The maximum atomic E-state index is 12.5. The van der Waals surface area contributed by atoms with Gasteiger partial charge in [-0.2, -0.15) is 18.2 Å². The number of rotatable bonds is 4. The molecular formula is C15H17F3N2OS. The van der Waals surface area contributed by atoms with Gasteiger partial charge in [-0.1, -0.05) is 37.3 Å². The molecule has 1 aromatic carbocycles. The highest BCUT2D eigenvalue weighted by molar-refractivity contribution is 7.16. The summed E-state index contributed by atoms with van der Waals surface area (Å²) in [5.41, 5.74) is 0.0474. The minimum absolute atomic E-state index is 0.00196. The molecule has 22 heavy (non-hydrogen) atoms. The zero-order chi connectivity index (χ0) is 16.5. The van der Waals surface area contributed by atoms with Crippen LogP contribution in [0.15, 0.2) is 24.3 Å². The fourth-order valence-corrected chi connectivity index (χ4v) is 2.94.